The Labute approximate surface area is 210 Å². The lowest BCUT2D eigenvalue weighted by Crippen LogP contribution is -2.25. The normalized spacial score (nSPS) is 14.4. The van der Waals surface area contributed by atoms with E-state index in [0.717, 1.165) is 5.56 Å². The third kappa shape index (κ3) is 4.68. The van der Waals surface area contributed by atoms with Gasteiger partial charge in [0, 0.05) is 0 Å². The van der Waals surface area contributed by atoms with Gasteiger partial charge < -0.3 is 14.8 Å². The Morgan fingerprint density at radius 3 is 2.54 bits per heavy atom. The molecule has 9 heteroatoms. The van der Waals surface area contributed by atoms with E-state index in [0.29, 0.717) is 43.1 Å². The van der Waals surface area contributed by atoms with Crippen molar-refractivity contribution in [2.24, 2.45) is 0 Å². The van der Waals surface area contributed by atoms with Crippen molar-refractivity contribution in [2.45, 2.75) is 6.61 Å². The number of methoxy groups -OCH3 is 1. The molecule has 3 aromatic carbocycles. The van der Waals surface area contributed by atoms with Gasteiger partial charge in [-0.05, 0) is 48.0 Å². The molecule has 1 aliphatic rings. The molecule has 1 N–H and O–H groups in total. The monoisotopic (exact) mass is 501 g/mol. The highest BCUT2D eigenvalue weighted by atomic mass is 32.2. The summed E-state index contributed by atoms with van der Waals surface area (Å²) in [5, 5.41) is 3.13. The van der Waals surface area contributed by atoms with Gasteiger partial charge in [-0.2, -0.15) is 0 Å². The molecule has 7 nitrogen and oxygen atoms in total. The number of para-hydroxylation sites is 2. The van der Waals surface area contributed by atoms with Gasteiger partial charge in [0.1, 0.15) is 10.9 Å². The Kier molecular flexibility index (Phi) is 6.35. The summed E-state index contributed by atoms with van der Waals surface area (Å²) in [5.41, 5.74) is 1.90. The molecule has 0 aliphatic carbocycles. The number of hydrogen-bond donors (Lipinski definition) is 1. The minimum Gasteiger partial charge on any atom is -0.493 e. The molecule has 1 aliphatic heterocycles. The molecule has 1 fully saturated rings. The number of carbonyl (C=O) groups is 1. The van der Waals surface area contributed by atoms with Crippen LogP contribution in [0.5, 0.6) is 11.5 Å². The van der Waals surface area contributed by atoms with Gasteiger partial charge in [-0.1, -0.05) is 60.4 Å². The van der Waals surface area contributed by atoms with Gasteiger partial charge in [0.2, 0.25) is 0 Å². The minimum absolute atomic E-state index is 0.0400. The van der Waals surface area contributed by atoms with Crippen molar-refractivity contribution in [2.75, 3.05) is 7.11 Å². The van der Waals surface area contributed by atoms with E-state index in [-0.39, 0.29) is 18.1 Å². The van der Waals surface area contributed by atoms with E-state index in [1.54, 1.807) is 42.0 Å². The third-order valence-electron chi connectivity index (χ3n) is 5.34. The molecule has 4 aromatic rings. The first-order valence-electron chi connectivity index (χ1n) is 10.7. The van der Waals surface area contributed by atoms with E-state index in [9.17, 15) is 9.59 Å². The second kappa shape index (κ2) is 9.73. The average Bonchev–Trinajstić information content (AvgIpc) is 3.19. The zero-order valence-corrected chi connectivity index (χ0v) is 20.2. The predicted molar refractivity (Wildman–Crippen MR) is 141 cm³/mol. The lowest BCUT2D eigenvalue weighted by molar-refractivity contribution is -0.115. The molecule has 5 rings (SSSR count). The summed E-state index contributed by atoms with van der Waals surface area (Å²) < 4.78 is 13.6. The van der Waals surface area contributed by atoms with E-state index in [4.69, 9.17) is 26.7 Å². The van der Waals surface area contributed by atoms with Gasteiger partial charge in [-0.15, -0.1) is 0 Å². The number of ether oxygens (including phenoxy) is 2. The molecule has 35 heavy (non-hydrogen) atoms. The van der Waals surface area contributed by atoms with E-state index < -0.39 is 0 Å². The van der Waals surface area contributed by atoms with Crippen LogP contribution in [-0.2, 0) is 11.4 Å². The van der Waals surface area contributed by atoms with Crippen molar-refractivity contribution >= 4 is 51.2 Å². The molecule has 0 spiro atoms. The number of fused-ring (bicyclic) bond motifs is 1. The highest BCUT2D eigenvalue weighted by molar-refractivity contribution is 8.26. The summed E-state index contributed by atoms with van der Waals surface area (Å²) in [6, 6.07) is 21.9. The van der Waals surface area contributed by atoms with Gasteiger partial charge in [-0.3, -0.25) is 14.2 Å². The van der Waals surface area contributed by atoms with Crippen LogP contribution in [0.2, 0.25) is 0 Å². The lowest BCUT2D eigenvalue weighted by Gasteiger charge is -2.16. The van der Waals surface area contributed by atoms with Gasteiger partial charge in [0.25, 0.3) is 11.5 Å². The molecule has 1 amide bonds. The van der Waals surface area contributed by atoms with Crippen LogP contribution in [0.4, 0.5) is 0 Å². The Bertz CT molecular complexity index is 1550. The number of aromatic nitrogens is 2. The number of amides is 1. The molecule has 0 atom stereocenters. The van der Waals surface area contributed by atoms with Crippen LogP contribution in [0, 0.1) is 0 Å². The smallest absolute Gasteiger partial charge is 0.266 e. The van der Waals surface area contributed by atoms with E-state index >= 15 is 0 Å². The van der Waals surface area contributed by atoms with Crippen LogP contribution >= 0.6 is 24.0 Å². The number of hydrogen-bond acceptors (Lipinski definition) is 7. The average molecular weight is 502 g/mol. The molecule has 0 radical (unpaired) electrons. The summed E-state index contributed by atoms with van der Waals surface area (Å²) in [5.74, 6) is 1.21. The van der Waals surface area contributed by atoms with Crippen molar-refractivity contribution in [1.29, 1.82) is 0 Å². The maximum atomic E-state index is 13.3. The second-order valence-corrected chi connectivity index (χ2v) is 9.29. The summed E-state index contributed by atoms with van der Waals surface area (Å²) in [6.45, 7) is 0.0400. The van der Waals surface area contributed by atoms with E-state index in [1.165, 1.54) is 11.8 Å². The first-order chi connectivity index (χ1) is 17.0. The Morgan fingerprint density at radius 1 is 1.03 bits per heavy atom. The molecular formula is C26H19N3O4S2. The first kappa shape index (κ1) is 22.8. The van der Waals surface area contributed by atoms with Crippen molar-refractivity contribution in [3.63, 3.8) is 0 Å². The Hall–Kier alpha value is -3.95. The molecular weight excluding hydrogens is 482 g/mol. The fraction of sp³-hybridized carbons (Fsp3) is 0.0769. The van der Waals surface area contributed by atoms with Gasteiger partial charge >= 0.3 is 0 Å². The summed E-state index contributed by atoms with van der Waals surface area (Å²) >= 11 is 6.25. The highest BCUT2D eigenvalue weighted by Crippen LogP contribution is 2.32. The van der Waals surface area contributed by atoms with Crippen LogP contribution in [0.3, 0.4) is 0 Å². The van der Waals surface area contributed by atoms with Gasteiger partial charge in [-0.25, -0.2) is 4.98 Å². The number of nitrogens with zero attached hydrogens (tertiary/aromatic N) is 2. The Morgan fingerprint density at radius 2 is 1.80 bits per heavy atom. The fourth-order valence-electron chi connectivity index (χ4n) is 3.73. The van der Waals surface area contributed by atoms with Crippen LogP contribution in [-0.4, -0.2) is 26.9 Å². The summed E-state index contributed by atoms with van der Waals surface area (Å²) in [6.07, 6.45) is 1.74. The molecule has 1 aromatic heterocycles. The van der Waals surface area contributed by atoms with Gasteiger partial charge in [0.05, 0.1) is 28.6 Å². The number of thioether (sulfide) groups is 1. The number of nitrogens with one attached hydrogen (secondary N) is 1. The van der Waals surface area contributed by atoms with Crippen LogP contribution in [0.1, 0.15) is 11.4 Å². The quantitative estimate of drug-likeness (QED) is 0.309. The van der Waals surface area contributed by atoms with E-state index in [1.807, 2.05) is 48.5 Å². The number of thiocarbonyl (C=S) groups is 1. The summed E-state index contributed by atoms with van der Waals surface area (Å²) in [4.78, 5) is 30.5. The van der Waals surface area contributed by atoms with Gasteiger partial charge in [0.15, 0.2) is 17.3 Å². The van der Waals surface area contributed by atoms with Crippen LogP contribution in [0.15, 0.2) is 82.5 Å². The van der Waals surface area contributed by atoms with E-state index in [2.05, 4.69) is 5.32 Å². The highest BCUT2D eigenvalue weighted by Gasteiger charge is 2.22. The zero-order chi connectivity index (χ0) is 24.4. The Balaban J connectivity index is 1.48. The number of carbonyl (C=O) groups excluding carboxylic acids is 1. The second-order valence-electron chi connectivity index (χ2n) is 7.57. The van der Waals surface area contributed by atoms with Crippen LogP contribution in [0.25, 0.3) is 22.7 Å². The van der Waals surface area contributed by atoms with Crippen molar-refractivity contribution in [1.82, 2.24) is 14.9 Å². The zero-order valence-electron chi connectivity index (χ0n) is 18.6. The molecule has 0 bridgehead atoms. The number of rotatable bonds is 6. The third-order valence-corrected chi connectivity index (χ3v) is 6.51. The summed E-state index contributed by atoms with van der Waals surface area (Å²) in [7, 11) is 1.54. The van der Waals surface area contributed by atoms with Crippen molar-refractivity contribution in [3.05, 3.63) is 99.4 Å². The maximum absolute atomic E-state index is 13.3. The maximum Gasteiger partial charge on any atom is 0.266 e. The first-order valence-corrected chi connectivity index (χ1v) is 11.9. The standard InChI is InChI=1S/C26H19N3O4S2/c1-32-21-13-16(14-22-24(30)28-26(34)35-22)11-12-20(21)33-15-23-27-19-10-6-5-9-18(19)25(31)29(23)17-7-3-2-4-8-17/h2-14H,15H2,1H3,(H,28,30,34)/b22-14+. The largest absolute Gasteiger partial charge is 0.493 e. The predicted octanol–water partition coefficient (Wildman–Crippen LogP) is 4.46. The SMILES string of the molecule is COc1cc(/C=C2/SC(=S)NC2=O)ccc1OCc1nc2ccccc2c(=O)n1-c1ccccc1. The van der Waals surface area contributed by atoms with Crippen molar-refractivity contribution < 1.29 is 14.3 Å². The fourth-order valence-corrected chi connectivity index (χ4v) is 4.77. The molecule has 0 unspecified atom stereocenters. The van der Waals surface area contributed by atoms with Crippen LogP contribution < -0.4 is 20.3 Å². The molecule has 0 saturated carbocycles. The topological polar surface area (TPSA) is 82.5 Å². The molecule has 2 heterocycles. The molecule has 174 valence electrons. The van der Waals surface area contributed by atoms with Crippen molar-refractivity contribution in [3.8, 4) is 17.2 Å². The number of benzene rings is 3. The lowest BCUT2D eigenvalue weighted by atomic mass is 10.2. The molecule has 1 saturated heterocycles. The minimum atomic E-state index is -0.222.